The van der Waals surface area contributed by atoms with Crippen LogP contribution >= 0.6 is 0 Å². The van der Waals surface area contributed by atoms with Crippen LogP contribution in [0.1, 0.15) is 5.69 Å². The van der Waals surface area contributed by atoms with Gasteiger partial charge in [0.15, 0.2) is 0 Å². The van der Waals surface area contributed by atoms with Crippen LogP contribution in [0.15, 0.2) is 79.0 Å². The molecule has 22 heavy (non-hydrogen) atoms. The van der Waals surface area contributed by atoms with Gasteiger partial charge >= 0.3 is 0 Å². The van der Waals surface area contributed by atoms with E-state index < -0.39 is 0 Å². The number of rotatable bonds is 3. The van der Waals surface area contributed by atoms with Gasteiger partial charge in [-0.2, -0.15) is 0 Å². The molecule has 0 bridgehead atoms. The maximum absolute atomic E-state index is 4.39. The molecule has 0 saturated carbocycles. The van der Waals surface area contributed by atoms with Gasteiger partial charge in [0.1, 0.15) is 0 Å². The lowest BCUT2D eigenvalue weighted by Crippen LogP contribution is -2.02. The zero-order valence-electron chi connectivity index (χ0n) is 12.2. The molecule has 1 N–H and O–H groups in total. The van der Waals surface area contributed by atoms with E-state index in [9.17, 15) is 0 Å². The van der Waals surface area contributed by atoms with Crippen molar-refractivity contribution in [2.75, 3.05) is 5.32 Å². The molecule has 0 atom stereocenters. The van der Waals surface area contributed by atoms with E-state index in [0.717, 1.165) is 12.2 Å². The Balaban J connectivity index is 1.85. The molecule has 4 aromatic rings. The zero-order valence-corrected chi connectivity index (χ0v) is 12.2. The quantitative estimate of drug-likeness (QED) is 0.535. The molecule has 0 aliphatic rings. The van der Waals surface area contributed by atoms with Crippen molar-refractivity contribution in [1.82, 2.24) is 4.98 Å². The number of anilines is 1. The van der Waals surface area contributed by atoms with Crippen LogP contribution in [0.5, 0.6) is 0 Å². The van der Waals surface area contributed by atoms with Gasteiger partial charge in [-0.3, -0.25) is 4.98 Å². The maximum Gasteiger partial charge on any atom is 0.0594 e. The predicted molar refractivity (Wildman–Crippen MR) is 93.0 cm³/mol. The normalized spacial score (nSPS) is 10.9. The topological polar surface area (TPSA) is 24.9 Å². The Morgan fingerprint density at radius 2 is 1.36 bits per heavy atom. The second-order valence-electron chi connectivity index (χ2n) is 5.37. The first-order valence-electron chi connectivity index (χ1n) is 7.46. The summed E-state index contributed by atoms with van der Waals surface area (Å²) in [6.45, 7) is 0.721. The second-order valence-corrected chi connectivity index (χ2v) is 5.37. The smallest absolute Gasteiger partial charge is 0.0594 e. The van der Waals surface area contributed by atoms with E-state index >= 15 is 0 Å². The molecule has 2 nitrogen and oxygen atoms in total. The van der Waals surface area contributed by atoms with Gasteiger partial charge < -0.3 is 5.32 Å². The summed E-state index contributed by atoms with van der Waals surface area (Å²) in [6.07, 6.45) is 1.83. The highest BCUT2D eigenvalue weighted by atomic mass is 14.9. The van der Waals surface area contributed by atoms with Crippen LogP contribution in [0.2, 0.25) is 0 Å². The number of hydrogen-bond acceptors (Lipinski definition) is 2. The Bertz CT molecular complexity index is 876. The lowest BCUT2D eigenvalue weighted by molar-refractivity contribution is 1.05. The summed E-state index contributed by atoms with van der Waals surface area (Å²) in [5, 5.41) is 8.59. The molecule has 106 valence electrons. The summed E-state index contributed by atoms with van der Waals surface area (Å²) in [5.74, 6) is 0. The highest BCUT2D eigenvalue weighted by Gasteiger charge is 2.07. The predicted octanol–water partition coefficient (Wildman–Crippen LogP) is 5.00. The number of hydrogen-bond donors (Lipinski definition) is 1. The highest BCUT2D eigenvalue weighted by Crippen LogP contribution is 2.32. The van der Waals surface area contributed by atoms with Crippen molar-refractivity contribution in [2.45, 2.75) is 6.54 Å². The van der Waals surface area contributed by atoms with Crippen LogP contribution in [-0.4, -0.2) is 4.98 Å². The SMILES string of the molecule is c1ccc(CNc2c3ccccc3cc3ccccc23)nc1. The molecule has 0 aliphatic heterocycles. The average Bonchev–Trinajstić information content (AvgIpc) is 2.59. The average molecular weight is 284 g/mol. The van der Waals surface area contributed by atoms with E-state index in [4.69, 9.17) is 0 Å². The Labute approximate surface area is 129 Å². The number of nitrogens with zero attached hydrogens (tertiary/aromatic N) is 1. The van der Waals surface area contributed by atoms with Crippen LogP contribution in [0.3, 0.4) is 0 Å². The minimum absolute atomic E-state index is 0.721. The van der Waals surface area contributed by atoms with Gasteiger partial charge in [-0.25, -0.2) is 0 Å². The van der Waals surface area contributed by atoms with Crippen molar-refractivity contribution in [3.63, 3.8) is 0 Å². The Morgan fingerprint density at radius 1 is 0.727 bits per heavy atom. The number of aromatic nitrogens is 1. The summed E-state index contributed by atoms with van der Waals surface area (Å²) in [5.41, 5.74) is 2.22. The highest BCUT2D eigenvalue weighted by molar-refractivity contribution is 6.10. The van der Waals surface area contributed by atoms with Gasteiger partial charge in [0.25, 0.3) is 0 Å². The third-order valence-electron chi connectivity index (χ3n) is 3.94. The van der Waals surface area contributed by atoms with Crippen molar-refractivity contribution >= 4 is 27.2 Å². The van der Waals surface area contributed by atoms with E-state index in [-0.39, 0.29) is 0 Å². The molecular weight excluding hydrogens is 268 g/mol. The van der Waals surface area contributed by atoms with E-state index in [1.807, 2.05) is 24.4 Å². The first-order valence-corrected chi connectivity index (χ1v) is 7.46. The minimum Gasteiger partial charge on any atom is -0.378 e. The largest absolute Gasteiger partial charge is 0.378 e. The van der Waals surface area contributed by atoms with Crippen molar-refractivity contribution < 1.29 is 0 Å². The molecule has 4 rings (SSSR count). The standard InChI is InChI=1S/C20H16N2/c1-3-10-18-15(7-1)13-16-8-2-4-11-19(16)20(18)22-14-17-9-5-6-12-21-17/h1-13,22H,14H2. The molecule has 0 radical (unpaired) electrons. The maximum atomic E-state index is 4.39. The summed E-state index contributed by atoms with van der Waals surface area (Å²) in [4.78, 5) is 4.39. The molecule has 0 spiro atoms. The van der Waals surface area contributed by atoms with Crippen LogP contribution in [0, 0.1) is 0 Å². The molecule has 0 saturated heterocycles. The summed E-state index contributed by atoms with van der Waals surface area (Å²) >= 11 is 0. The van der Waals surface area contributed by atoms with Gasteiger partial charge in [-0.1, -0.05) is 54.6 Å². The number of pyridine rings is 1. The molecular formula is C20H16N2. The Kier molecular flexibility index (Phi) is 3.20. The molecule has 0 aliphatic carbocycles. The van der Waals surface area contributed by atoms with Gasteiger partial charge in [0, 0.05) is 17.0 Å². The Hall–Kier alpha value is -2.87. The van der Waals surface area contributed by atoms with E-state index in [1.54, 1.807) is 0 Å². The summed E-state index contributed by atoms with van der Waals surface area (Å²) < 4.78 is 0. The second kappa shape index (κ2) is 5.49. The number of benzene rings is 3. The molecule has 2 heteroatoms. The number of nitrogens with one attached hydrogen (secondary N) is 1. The van der Waals surface area contributed by atoms with E-state index in [0.29, 0.717) is 0 Å². The van der Waals surface area contributed by atoms with Gasteiger partial charge in [0.2, 0.25) is 0 Å². The third kappa shape index (κ3) is 2.29. The molecule has 3 aromatic carbocycles. The lowest BCUT2D eigenvalue weighted by Gasteiger charge is -2.13. The first-order chi connectivity index (χ1) is 10.9. The van der Waals surface area contributed by atoms with Gasteiger partial charge in [-0.15, -0.1) is 0 Å². The van der Waals surface area contributed by atoms with Crippen molar-refractivity contribution in [3.8, 4) is 0 Å². The van der Waals surface area contributed by atoms with Gasteiger partial charge in [0.05, 0.1) is 17.9 Å². The van der Waals surface area contributed by atoms with Crippen molar-refractivity contribution in [3.05, 3.63) is 84.7 Å². The van der Waals surface area contributed by atoms with Crippen LogP contribution in [-0.2, 0) is 6.54 Å². The molecule has 1 aromatic heterocycles. The fourth-order valence-electron chi connectivity index (χ4n) is 2.89. The summed E-state index contributed by atoms with van der Waals surface area (Å²) in [6, 6.07) is 25.2. The molecule has 0 unspecified atom stereocenters. The van der Waals surface area contributed by atoms with Crippen molar-refractivity contribution in [2.24, 2.45) is 0 Å². The van der Waals surface area contributed by atoms with Gasteiger partial charge in [-0.05, 0) is 29.0 Å². The van der Waals surface area contributed by atoms with Crippen molar-refractivity contribution in [1.29, 1.82) is 0 Å². The van der Waals surface area contributed by atoms with E-state index in [2.05, 4.69) is 64.9 Å². The minimum atomic E-state index is 0.721. The van der Waals surface area contributed by atoms with Crippen LogP contribution < -0.4 is 5.32 Å². The first kappa shape index (κ1) is 12.8. The lowest BCUT2D eigenvalue weighted by atomic mass is 10.0. The monoisotopic (exact) mass is 284 g/mol. The fraction of sp³-hybridized carbons (Fsp3) is 0.0500. The van der Waals surface area contributed by atoms with E-state index in [1.165, 1.54) is 27.2 Å². The number of fused-ring (bicyclic) bond motifs is 2. The fourth-order valence-corrected chi connectivity index (χ4v) is 2.89. The summed E-state index contributed by atoms with van der Waals surface area (Å²) in [7, 11) is 0. The van der Waals surface area contributed by atoms with Crippen LogP contribution in [0.25, 0.3) is 21.5 Å². The van der Waals surface area contributed by atoms with Crippen LogP contribution in [0.4, 0.5) is 5.69 Å². The Morgan fingerprint density at radius 3 is 2.00 bits per heavy atom. The zero-order chi connectivity index (χ0) is 14.8. The molecule has 0 fully saturated rings. The third-order valence-corrected chi connectivity index (χ3v) is 3.94. The molecule has 1 heterocycles. The molecule has 0 amide bonds.